The van der Waals surface area contributed by atoms with Gasteiger partial charge < -0.3 is 38.6 Å². The van der Waals surface area contributed by atoms with Crippen LogP contribution in [0.1, 0.15) is 53.9 Å². The van der Waals surface area contributed by atoms with E-state index < -0.39 is 0 Å². The summed E-state index contributed by atoms with van der Waals surface area (Å²) in [5.74, 6) is 0.543. The van der Waals surface area contributed by atoms with Gasteiger partial charge in [-0.15, -0.1) is 19.5 Å². The van der Waals surface area contributed by atoms with Crippen molar-refractivity contribution in [3.05, 3.63) is 0 Å². The van der Waals surface area contributed by atoms with E-state index in [4.69, 9.17) is 4.79 Å². The molecule has 0 spiro atoms. The Morgan fingerprint density at radius 1 is 0.844 bits per heavy atom. The maximum Gasteiger partial charge on any atom is 0.130 e. The van der Waals surface area contributed by atoms with E-state index in [-0.39, 0.29) is 102 Å². The van der Waals surface area contributed by atoms with Crippen LogP contribution >= 0.6 is 0 Å². The van der Waals surface area contributed by atoms with Crippen LogP contribution in [-0.4, -0.2) is 86.3 Å². The summed E-state index contributed by atoms with van der Waals surface area (Å²) in [6, 6.07) is 0. The van der Waals surface area contributed by atoms with Crippen molar-refractivity contribution < 1.29 is 94.2 Å². The maximum absolute atomic E-state index is 10.9. The first-order valence-electron chi connectivity index (χ1n) is 9.85. The van der Waals surface area contributed by atoms with Gasteiger partial charge in [0.2, 0.25) is 0 Å². The number of carbonyl (C=O) groups excluding carboxylic acids is 6. The molecule has 32 heavy (non-hydrogen) atoms. The number of nitrogens with zero attached hydrogens (tertiary/aromatic N) is 2. The summed E-state index contributed by atoms with van der Waals surface area (Å²) in [5.41, 5.74) is 0. The van der Waals surface area contributed by atoms with Crippen LogP contribution in [0.15, 0.2) is 0 Å². The van der Waals surface area contributed by atoms with Crippen molar-refractivity contribution in [1.82, 2.24) is 9.80 Å². The van der Waals surface area contributed by atoms with Gasteiger partial charge in [-0.1, -0.05) is 13.8 Å². The summed E-state index contributed by atoms with van der Waals surface area (Å²) < 4.78 is 0. The van der Waals surface area contributed by atoms with Crippen molar-refractivity contribution in [3.8, 4) is 0 Å². The predicted molar refractivity (Wildman–Crippen MR) is 116 cm³/mol. The molecular formula is C22H36N2O6Y2-4. The van der Waals surface area contributed by atoms with Crippen molar-refractivity contribution in [2.75, 3.05) is 39.8 Å². The van der Waals surface area contributed by atoms with E-state index in [0.29, 0.717) is 25.8 Å². The van der Waals surface area contributed by atoms with Crippen LogP contribution in [0.3, 0.4) is 0 Å². The Morgan fingerprint density at radius 2 is 1.28 bits per heavy atom. The molecule has 0 fully saturated rings. The van der Waals surface area contributed by atoms with Crippen LogP contribution in [0.4, 0.5) is 0 Å². The topological polar surface area (TPSA) is 109 Å². The minimum Gasteiger partial charge on any atom is -0.542 e. The predicted octanol–water partition coefficient (Wildman–Crippen LogP) is 1.27. The Kier molecular flexibility index (Phi) is 41.2. The zero-order valence-corrected chi connectivity index (χ0v) is 26.0. The summed E-state index contributed by atoms with van der Waals surface area (Å²) in [4.78, 5) is 64.5. The van der Waals surface area contributed by atoms with Crippen LogP contribution in [0, 0.1) is 11.8 Å². The normalized spacial score (nSPS) is 11.1. The number of hydrogen-bond acceptors (Lipinski definition) is 8. The minimum atomic E-state index is 0. The molecule has 2 atom stereocenters. The third kappa shape index (κ3) is 34.8. The second-order valence-corrected chi connectivity index (χ2v) is 7.15. The third-order valence-electron chi connectivity index (χ3n) is 3.84. The molecule has 180 valence electrons. The average Bonchev–Trinajstić information content (AvgIpc) is 2.62. The Labute approximate surface area is 244 Å². The van der Waals surface area contributed by atoms with E-state index in [0.717, 1.165) is 13.1 Å². The van der Waals surface area contributed by atoms with E-state index in [2.05, 4.69) is 11.8 Å². The zero-order chi connectivity index (χ0) is 23.9. The first-order chi connectivity index (χ1) is 14.1. The van der Waals surface area contributed by atoms with E-state index in [1.165, 1.54) is 20.1 Å². The summed E-state index contributed by atoms with van der Waals surface area (Å²) in [7, 11) is 1.98. The molecular weight excluding hydrogens is 566 g/mol. The summed E-state index contributed by atoms with van der Waals surface area (Å²) >= 11 is 0. The van der Waals surface area contributed by atoms with Crippen LogP contribution < -0.4 is 0 Å². The molecule has 8 nitrogen and oxygen atoms in total. The summed E-state index contributed by atoms with van der Waals surface area (Å²) in [6.07, 6.45) is 8.14. The number of ketones is 2. The van der Waals surface area contributed by atoms with Crippen LogP contribution in [0.5, 0.6) is 0 Å². The number of carbonyl (C=O) groups is 2. The molecule has 0 aliphatic carbocycles. The van der Waals surface area contributed by atoms with E-state index in [1.807, 2.05) is 20.3 Å². The van der Waals surface area contributed by atoms with Gasteiger partial charge in [-0.25, -0.2) is 0 Å². The van der Waals surface area contributed by atoms with Crippen molar-refractivity contribution in [3.63, 3.8) is 0 Å². The Balaban J connectivity index is -0.000000128. The number of hydrogen-bond donors (Lipinski definition) is 0. The molecule has 10 heteroatoms. The quantitative estimate of drug-likeness (QED) is 0.258. The molecule has 0 amide bonds. The fourth-order valence-corrected chi connectivity index (χ4v) is 2.66. The third-order valence-corrected chi connectivity index (χ3v) is 3.84. The smallest absolute Gasteiger partial charge is 0.130 e. The van der Waals surface area contributed by atoms with Crippen LogP contribution in [0.25, 0.3) is 0 Å². The molecule has 0 aromatic carbocycles. The minimum absolute atomic E-state index is 0. The van der Waals surface area contributed by atoms with Gasteiger partial charge in [0.05, 0.1) is 0 Å². The molecule has 0 saturated carbocycles. The van der Waals surface area contributed by atoms with Gasteiger partial charge in [0.25, 0.3) is 0 Å². The monoisotopic (exact) mass is 602 g/mol. The second kappa shape index (κ2) is 31.1. The van der Waals surface area contributed by atoms with Crippen LogP contribution in [-0.2, 0) is 94.2 Å². The first kappa shape index (κ1) is 42.3. The van der Waals surface area contributed by atoms with Crippen molar-refractivity contribution in [1.29, 1.82) is 0 Å². The number of Topliss-reactive ketones (excluding diaryl/α,β-unsaturated/α-hetero) is 2. The molecule has 0 saturated heterocycles. The fraction of sp³-hybridized carbons (Fsp3) is 0.727. The van der Waals surface area contributed by atoms with Gasteiger partial charge in [0, 0.05) is 78.3 Å². The summed E-state index contributed by atoms with van der Waals surface area (Å²) in [6.45, 7) is 10.8. The average molecular weight is 602 g/mol. The molecule has 0 rings (SSSR count). The fourth-order valence-electron chi connectivity index (χ4n) is 2.66. The molecule has 0 aliphatic heterocycles. The van der Waals surface area contributed by atoms with Gasteiger partial charge in [-0.3, -0.25) is 25.1 Å². The molecule has 2 radical (unpaired) electrons. The zero-order valence-electron chi connectivity index (χ0n) is 20.3. The first-order valence-corrected chi connectivity index (χ1v) is 9.85. The van der Waals surface area contributed by atoms with Crippen molar-refractivity contribution in [2.45, 2.75) is 53.9 Å². The second-order valence-electron chi connectivity index (χ2n) is 7.15. The molecule has 0 heterocycles. The molecule has 0 aromatic rings. The largest absolute Gasteiger partial charge is 0.542 e. The molecule has 0 N–H and O–H groups in total. The van der Waals surface area contributed by atoms with E-state index >= 15 is 0 Å². The van der Waals surface area contributed by atoms with Gasteiger partial charge in [-0.2, -0.15) is 6.92 Å². The molecule has 0 aliphatic rings. The number of rotatable bonds is 15. The van der Waals surface area contributed by atoms with Crippen molar-refractivity contribution >= 4 is 36.7 Å². The van der Waals surface area contributed by atoms with E-state index in [9.17, 15) is 24.0 Å². The Hall–Kier alpha value is 0.148. The Bertz CT molecular complexity index is 497. The Morgan fingerprint density at radius 3 is 1.59 bits per heavy atom. The molecule has 0 bridgehead atoms. The summed E-state index contributed by atoms with van der Waals surface area (Å²) in [5, 5.41) is 0. The van der Waals surface area contributed by atoms with Gasteiger partial charge in [0.1, 0.15) is 11.6 Å². The van der Waals surface area contributed by atoms with Crippen molar-refractivity contribution in [2.24, 2.45) is 11.8 Å². The van der Waals surface area contributed by atoms with E-state index in [1.54, 1.807) is 24.4 Å². The molecule has 2 unspecified atom stereocenters. The standard InChI is InChI=1S/C10H15NO3.C10H18NO2.C2H3O.2Y/c1-9(7-10(2)14)8-11(3-5-12)4-6-13;1-4-11(3)8-10(5-6-12)7-9(2)13;1-2-3;;/h9H,3-4,7-8H2,1-2H3;10H,4-5,7-8H2,1-3H3;1H3;;/q-2;2*-1;;. The maximum atomic E-state index is 10.9. The van der Waals surface area contributed by atoms with Gasteiger partial charge in [-0.05, 0) is 52.4 Å². The van der Waals surface area contributed by atoms with Gasteiger partial charge in [0.15, 0.2) is 0 Å². The van der Waals surface area contributed by atoms with Crippen LogP contribution in [0.2, 0.25) is 0 Å². The van der Waals surface area contributed by atoms with Gasteiger partial charge >= 0.3 is 0 Å². The SMILES string of the molecule is CC(=O)CC(C)CN(C[C-]=O)C[C-]=O.CCN(C)CC(C[C-]=O)CC(C)=O.C[C-]=O.[Y].[Y]. The molecule has 0 aromatic heterocycles.